The number of hydrogen-bond acceptors (Lipinski definition) is 2. The van der Waals surface area contributed by atoms with Crippen molar-refractivity contribution in [1.82, 2.24) is 0 Å². The maximum atomic E-state index is 11.6. The highest BCUT2D eigenvalue weighted by Crippen LogP contribution is 2.09. The molecule has 0 saturated carbocycles. The Kier molecular flexibility index (Phi) is 5.98. The minimum absolute atomic E-state index is 0.365. The van der Waals surface area contributed by atoms with Gasteiger partial charge < -0.3 is 4.74 Å². The van der Waals surface area contributed by atoms with E-state index < -0.39 is 5.92 Å². The minimum atomic E-state index is -0.443. The van der Waals surface area contributed by atoms with Gasteiger partial charge in [0.15, 0.2) is 0 Å². The Morgan fingerprint density at radius 2 is 1.89 bits per heavy atom. The van der Waals surface area contributed by atoms with Gasteiger partial charge in [-0.05, 0) is 5.56 Å². The Labute approximate surface area is 108 Å². The zero-order valence-electron chi connectivity index (χ0n) is 10.2. The van der Waals surface area contributed by atoms with Crippen LogP contribution in [-0.4, -0.2) is 5.97 Å². The van der Waals surface area contributed by atoms with E-state index in [0.29, 0.717) is 0 Å². The molecule has 0 amide bonds. The maximum absolute atomic E-state index is 11.6. The van der Waals surface area contributed by atoms with Crippen LogP contribution in [0, 0.1) is 5.92 Å². The van der Waals surface area contributed by atoms with Crippen LogP contribution >= 0.6 is 0 Å². The summed E-state index contributed by atoms with van der Waals surface area (Å²) in [5.41, 5.74) is 1.03. The Hall–Kier alpha value is -2.35. The molecule has 92 valence electrons. The summed E-state index contributed by atoms with van der Waals surface area (Å²) in [7, 11) is 0. The second-order valence-electron chi connectivity index (χ2n) is 3.52. The quantitative estimate of drug-likeness (QED) is 0.430. The third kappa shape index (κ3) is 4.66. The fourth-order valence-electron chi connectivity index (χ4n) is 1.36. The molecule has 1 atom stereocenters. The maximum Gasteiger partial charge on any atom is 0.321 e. The first-order chi connectivity index (χ1) is 8.77. The van der Waals surface area contributed by atoms with Gasteiger partial charge in [0.05, 0.1) is 12.2 Å². The molecule has 0 aliphatic carbocycles. The van der Waals surface area contributed by atoms with Gasteiger partial charge in [0.2, 0.25) is 0 Å². The third-order valence-corrected chi connectivity index (χ3v) is 2.22. The van der Waals surface area contributed by atoms with Crippen molar-refractivity contribution in [1.29, 1.82) is 0 Å². The van der Waals surface area contributed by atoms with Crippen LogP contribution in [0.15, 0.2) is 74.1 Å². The molecule has 0 aliphatic rings. The minimum Gasteiger partial charge on any atom is -0.434 e. The zero-order valence-corrected chi connectivity index (χ0v) is 10.2. The molecule has 0 spiro atoms. The average Bonchev–Trinajstić information content (AvgIpc) is 2.40. The number of allylic oxidation sites excluding steroid dienone is 2. The fourth-order valence-corrected chi connectivity index (χ4v) is 1.36. The van der Waals surface area contributed by atoms with Gasteiger partial charge in [0, 0.05) is 0 Å². The first kappa shape index (κ1) is 13.7. The van der Waals surface area contributed by atoms with Gasteiger partial charge in [-0.25, -0.2) is 0 Å². The van der Waals surface area contributed by atoms with Crippen molar-refractivity contribution in [2.24, 2.45) is 5.92 Å². The SMILES string of the molecule is C=CC=CC(C=Cc1ccccc1)C(=O)OC=C. The summed E-state index contributed by atoms with van der Waals surface area (Å²) in [6.45, 7) is 6.94. The van der Waals surface area contributed by atoms with E-state index >= 15 is 0 Å². The molecule has 0 fully saturated rings. The average molecular weight is 240 g/mol. The van der Waals surface area contributed by atoms with Crippen molar-refractivity contribution in [3.63, 3.8) is 0 Å². The molecule has 1 unspecified atom stereocenters. The Balaban J connectivity index is 2.81. The van der Waals surface area contributed by atoms with Crippen molar-refractivity contribution in [2.45, 2.75) is 0 Å². The molecule has 2 heteroatoms. The Morgan fingerprint density at radius 1 is 1.17 bits per heavy atom. The van der Waals surface area contributed by atoms with Crippen molar-refractivity contribution in [3.05, 3.63) is 79.6 Å². The Morgan fingerprint density at radius 3 is 2.50 bits per heavy atom. The van der Waals surface area contributed by atoms with Crippen LogP contribution in [0.5, 0.6) is 0 Å². The molecule has 0 saturated heterocycles. The molecule has 1 aromatic rings. The number of benzene rings is 1. The molecule has 0 heterocycles. The summed E-state index contributed by atoms with van der Waals surface area (Å²) < 4.78 is 4.78. The number of carbonyl (C=O) groups excluding carboxylic acids is 1. The van der Waals surface area contributed by atoms with Crippen LogP contribution in [0.2, 0.25) is 0 Å². The summed E-state index contributed by atoms with van der Waals surface area (Å²) in [5.74, 6) is -0.809. The lowest BCUT2D eigenvalue weighted by Gasteiger charge is -2.04. The van der Waals surface area contributed by atoms with Crippen LogP contribution < -0.4 is 0 Å². The Bertz CT molecular complexity index is 455. The molecule has 0 aromatic heterocycles. The van der Waals surface area contributed by atoms with Gasteiger partial charge in [-0.1, -0.05) is 73.9 Å². The first-order valence-corrected chi connectivity index (χ1v) is 5.62. The second-order valence-corrected chi connectivity index (χ2v) is 3.52. The van der Waals surface area contributed by atoms with E-state index in [1.807, 2.05) is 36.4 Å². The normalized spacial score (nSPS) is 12.4. The largest absolute Gasteiger partial charge is 0.434 e. The zero-order chi connectivity index (χ0) is 13.2. The lowest BCUT2D eigenvalue weighted by atomic mass is 10.1. The molecule has 1 rings (SSSR count). The number of carbonyl (C=O) groups is 1. The van der Waals surface area contributed by atoms with E-state index in [2.05, 4.69) is 13.2 Å². The predicted octanol–water partition coefficient (Wildman–Crippen LogP) is 3.74. The van der Waals surface area contributed by atoms with Gasteiger partial charge in [0.25, 0.3) is 0 Å². The summed E-state index contributed by atoms with van der Waals surface area (Å²) in [6.07, 6.45) is 9.84. The van der Waals surface area contributed by atoms with Gasteiger partial charge in [-0.3, -0.25) is 4.79 Å². The van der Waals surface area contributed by atoms with Crippen LogP contribution in [0.1, 0.15) is 5.56 Å². The van der Waals surface area contributed by atoms with Crippen LogP contribution in [0.3, 0.4) is 0 Å². The molecular weight excluding hydrogens is 224 g/mol. The van der Waals surface area contributed by atoms with Crippen molar-refractivity contribution >= 4 is 12.0 Å². The van der Waals surface area contributed by atoms with E-state index in [1.54, 1.807) is 24.3 Å². The van der Waals surface area contributed by atoms with Crippen molar-refractivity contribution in [3.8, 4) is 0 Å². The number of hydrogen-bond donors (Lipinski definition) is 0. The topological polar surface area (TPSA) is 26.3 Å². The van der Waals surface area contributed by atoms with Gasteiger partial charge in [0.1, 0.15) is 0 Å². The van der Waals surface area contributed by atoms with Gasteiger partial charge in [-0.2, -0.15) is 0 Å². The second kappa shape index (κ2) is 7.85. The third-order valence-electron chi connectivity index (χ3n) is 2.22. The monoisotopic (exact) mass is 240 g/mol. The standard InChI is InChI=1S/C16H16O2/c1-3-5-11-15(16(17)18-4-2)13-12-14-9-7-6-8-10-14/h3-13,15H,1-2H2. The van der Waals surface area contributed by atoms with Crippen molar-refractivity contribution in [2.75, 3.05) is 0 Å². The highest BCUT2D eigenvalue weighted by Gasteiger charge is 2.11. The lowest BCUT2D eigenvalue weighted by molar-refractivity contribution is -0.139. The van der Waals surface area contributed by atoms with E-state index in [1.165, 1.54) is 0 Å². The van der Waals surface area contributed by atoms with E-state index in [0.717, 1.165) is 11.8 Å². The highest BCUT2D eigenvalue weighted by molar-refractivity contribution is 5.78. The van der Waals surface area contributed by atoms with E-state index in [4.69, 9.17) is 4.74 Å². The number of ether oxygens (including phenoxy) is 1. The lowest BCUT2D eigenvalue weighted by Crippen LogP contribution is -2.10. The molecule has 0 radical (unpaired) electrons. The summed E-state index contributed by atoms with van der Waals surface area (Å²) >= 11 is 0. The van der Waals surface area contributed by atoms with E-state index in [9.17, 15) is 4.79 Å². The number of esters is 1. The molecule has 0 bridgehead atoms. The van der Waals surface area contributed by atoms with Crippen LogP contribution in [0.4, 0.5) is 0 Å². The fraction of sp³-hybridized carbons (Fsp3) is 0.0625. The number of rotatable bonds is 6. The predicted molar refractivity (Wildman–Crippen MR) is 74.6 cm³/mol. The van der Waals surface area contributed by atoms with E-state index in [-0.39, 0.29) is 5.97 Å². The van der Waals surface area contributed by atoms with Crippen LogP contribution in [0.25, 0.3) is 6.08 Å². The summed E-state index contributed by atoms with van der Waals surface area (Å²) in [5, 5.41) is 0. The molecule has 0 N–H and O–H groups in total. The summed E-state index contributed by atoms with van der Waals surface area (Å²) in [4.78, 5) is 11.6. The molecule has 2 nitrogen and oxygen atoms in total. The van der Waals surface area contributed by atoms with Gasteiger partial charge >= 0.3 is 5.97 Å². The highest BCUT2D eigenvalue weighted by atomic mass is 16.5. The first-order valence-electron chi connectivity index (χ1n) is 5.62. The summed E-state index contributed by atoms with van der Waals surface area (Å²) in [6, 6.07) is 9.75. The van der Waals surface area contributed by atoms with Gasteiger partial charge in [-0.15, -0.1) is 0 Å². The molecule has 0 aliphatic heterocycles. The van der Waals surface area contributed by atoms with Crippen molar-refractivity contribution < 1.29 is 9.53 Å². The van der Waals surface area contributed by atoms with Crippen LogP contribution in [-0.2, 0) is 9.53 Å². The smallest absolute Gasteiger partial charge is 0.321 e. The molecular formula is C16H16O2. The molecule has 1 aromatic carbocycles. The molecule has 18 heavy (non-hydrogen) atoms.